The van der Waals surface area contributed by atoms with Gasteiger partial charge in [-0.2, -0.15) is 0 Å². The molecule has 0 aliphatic carbocycles. The third kappa shape index (κ3) is 3.78. The number of nitrogens with zero attached hydrogens (tertiary/aromatic N) is 2. The molecule has 0 radical (unpaired) electrons. The first kappa shape index (κ1) is 19.4. The molecule has 30 heavy (non-hydrogen) atoms. The Labute approximate surface area is 175 Å². The van der Waals surface area contributed by atoms with E-state index in [0.717, 1.165) is 33.3 Å². The number of aliphatic carboxylic acids is 1. The highest BCUT2D eigenvalue weighted by molar-refractivity contribution is 5.93. The molecule has 0 aliphatic heterocycles. The zero-order chi connectivity index (χ0) is 21.1. The molecule has 0 unspecified atom stereocenters. The maximum atomic E-state index is 11.4. The van der Waals surface area contributed by atoms with Crippen LogP contribution in [0.1, 0.15) is 19.5 Å². The number of pyridine rings is 2. The number of rotatable bonds is 3. The quantitative estimate of drug-likeness (QED) is 0.473. The number of hydrogen-bond acceptors (Lipinski definition) is 3. The maximum absolute atomic E-state index is 11.4. The highest BCUT2D eigenvalue weighted by Gasteiger charge is 2.24. The van der Waals surface area contributed by atoms with E-state index in [-0.39, 0.29) is 0 Å². The maximum Gasteiger partial charge on any atom is 0.321 e. The van der Waals surface area contributed by atoms with Gasteiger partial charge in [0.25, 0.3) is 0 Å². The van der Waals surface area contributed by atoms with Gasteiger partial charge < -0.3 is 5.11 Å². The fraction of sp³-hybridized carbons (Fsp3) is 0.115. The largest absolute Gasteiger partial charge is 0.480 e. The van der Waals surface area contributed by atoms with Crippen LogP contribution in [0.2, 0.25) is 0 Å². The molecule has 2 aromatic heterocycles. The van der Waals surface area contributed by atoms with Crippen molar-refractivity contribution in [3.63, 3.8) is 0 Å². The van der Waals surface area contributed by atoms with Crippen LogP contribution in [0.25, 0.3) is 33.3 Å². The second-order valence-corrected chi connectivity index (χ2v) is 7.52. The van der Waals surface area contributed by atoms with Crippen LogP contribution in [-0.2, 0) is 4.79 Å². The van der Waals surface area contributed by atoms with E-state index in [9.17, 15) is 9.90 Å². The molecular formula is C26H20N2O2. The third-order valence-corrected chi connectivity index (χ3v) is 4.90. The molecule has 4 heteroatoms. The Hall–Kier alpha value is -3.97. The van der Waals surface area contributed by atoms with E-state index in [1.54, 1.807) is 20.0 Å². The molecule has 0 fully saturated rings. The summed E-state index contributed by atoms with van der Waals surface area (Å²) in [4.78, 5) is 20.7. The molecule has 146 valence electrons. The third-order valence-electron chi connectivity index (χ3n) is 4.90. The average molecular weight is 392 g/mol. The van der Waals surface area contributed by atoms with Gasteiger partial charge >= 0.3 is 5.97 Å². The van der Waals surface area contributed by atoms with E-state index < -0.39 is 11.4 Å². The summed E-state index contributed by atoms with van der Waals surface area (Å²) in [6.07, 6.45) is 1.66. The van der Waals surface area contributed by atoms with Gasteiger partial charge in [0.2, 0.25) is 0 Å². The van der Waals surface area contributed by atoms with E-state index in [2.05, 4.69) is 16.8 Å². The zero-order valence-corrected chi connectivity index (χ0v) is 16.8. The smallest absolute Gasteiger partial charge is 0.321 e. The summed E-state index contributed by atoms with van der Waals surface area (Å²) < 4.78 is 0. The summed E-state index contributed by atoms with van der Waals surface area (Å²) in [5.74, 6) is 4.83. The van der Waals surface area contributed by atoms with E-state index in [1.165, 1.54) is 0 Å². The Balaban J connectivity index is 1.97. The fourth-order valence-electron chi connectivity index (χ4n) is 3.12. The minimum Gasteiger partial charge on any atom is -0.480 e. The van der Waals surface area contributed by atoms with Crippen LogP contribution < -0.4 is 0 Å². The lowest BCUT2D eigenvalue weighted by Gasteiger charge is -2.12. The van der Waals surface area contributed by atoms with Crippen LogP contribution in [0.15, 0.2) is 79.0 Å². The van der Waals surface area contributed by atoms with Crippen LogP contribution in [0.5, 0.6) is 0 Å². The SMILES string of the molecule is CC(C)(C#Cc1nccc2nc(-c3ccccc3)c(-c3ccccc3)cc12)C(=O)O. The first-order valence-corrected chi connectivity index (χ1v) is 9.63. The van der Waals surface area contributed by atoms with Gasteiger partial charge in [0, 0.05) is 22.7 Å². The molecule has 0 spiro atoms. The van der Waals surface area contributed by atoms with E-state index in [1.807, 2.05) is 72.8 Å². The number of carbonyl (C=O) groups is 1. The lowest BCUT2D eigenvalue weighted by atomic mass is 9.94. The molecule has 2 heterocycles. The average Bonchev–Trinajstić information content (AvgIpc) is 2.78. The van der Waals surface area contributed by atoms with Crippen molar-refractivity contribution >= 4 is 16.9 Å². The van der Waals surface area contributed by atoms with E-state index >= 15 is 0 Å². The predicted molar refractivity (Wildman–Crippen MR) is 119 cm³/mol. The van der Waals surface area contributed by atoms with Gasteiger partial charge in [0.05, 0.1) is 11.2 Å². The summed E-state index contributed by atoms with van der Waals surface area (Å²) in [5.41, 5.74) is 4.04. The molecule has 2 aromatic carbocycles. The van der Waals surface area contributed by atoms with Gasteiger partial charge in [0.15, 0.2) is 0 Å². The predicted octanol–water partition coefficient (Wildman–Crippen LogP) is 5.43. The lowest BCUT2D eigenvalue weighted by Crippen LogP contribution is -2.21. The summed E-state index contributed by atoms with van der Waals surface area (Å²) >= 11 is 0. The normalized spacial score (nSPS) is 11.0. The molecule has 0 aliphatic rings. The van der Waals surface area contributed by atoms with Crippen molar-refractivity contribution in [2.24, 2.45) is 5.41 Å². The van der Waals surface area contributed by atoms with Crippen molar-refractivity contribution in [2.75, 3.05) is 0 Å². The standard InChI is InChI=1S/C26H20N2O2/c1-26(2,25(29)30)15-13-22-21-17-20(18-9-5-3-6-10-18)24(19-11-7-4-8-12-19)28-23(21)14-16-27-22/h3-12,14,16-17H,1-2H3,(H,29,30). The number of aromatic nitrogens is 2. The molecule has 4 rings (SSSR count). The first-order chi connectivity index (χ1) is 14.5. The van der Waals surface area contributed by atoms with Gasteiger partial charge in [-0.05, 0) is 37.5 Å². The highest BCUT2D eigenvalue weighted by Crippen LogP contribution is 2.33. The van der Waals surface area contributed by atoms with Crippen LogP contribution in [0, 0.1) is 17.3 Å². The second kappa shape index (κ2) is 7.81. The number of benzene rings is 2. The molecule has 0 saturated carbocycles. The van der Waals surface area contributed by atoms with Crippen molar-refractivity contribution in [2.45, 2.75) is 13.8 Å². The minimum atomic E-state index is -1.16. The summed E-state index contributed by atoms with van der Waals surface area (Å²) in [6, 6.07) is 24.0. The lowest BCUT2D eigenvalue weighted by molar-refractivity contribution is -0.143. The zero-order valence-electron chi connectivity index (χ0n) is 16.8. The van der Waals surface area contributed by atoms with Crippen LogP contribution in [0.3, 0.4) is 0 Å². The number of hydrogen-bond donors (Lipinski definition) is 1. The van der Waals surface area contributed by atoms with Crippen molar-refractivity contribution in [1.82, 2.24) is 9.97 Å². The van der Waals surface area contributed by atoms with Crippen LogP contribution >= 0.6 is 0 Å². The molecule has 4 nitrogen and oxygen atoms in total. The van der Waals surface area contributed by atoms with Crippen molar-refractivity contribution in [3.8, 4) is 34.2 Å². The van der Waals surface area contributed by atoms with Gasteiger partial charge in [-0.25, -0.2) is 9.97 Å². The Bertz CT molecular complexity index is 1280. The van der Waals surface area contributed by atoms with Gasteiger partial charge in [0.1, 0.15) is 11.1 Å². The Morgan fingerprint density at radius 3 is 2.20 bits per heavy atom. The van der Waals surface area contributed by atoms with E-state index in [0.29, 0.717) is 5.69 Å². The van der Waals surface area contributed by atoms with Crippen molar-refractivity contribution in [3.05, 3.63) is 84.7 Å². The monoisotopic (exact) mass is 392 g/mol. The summed E-state index contributed by atoms with van der Waals surface area (Å²) in [6.45, 7) is 3.16. The van der Waals surface area contributed by atoms with Crippen LogP contribution in [-0.4, -0.2) is 21.0 Å². The molecule has 0 atom stereocenters. The van der Waals surface area contributed by atoms with Crippen molar-refractivity contribution in [1.29, 1.82) is 0 Å². The number of fused-ring (bicyclic) bond motifs is 1. The fourth-order valence-corrected chi connectivity index (χ4v) is 3.12. The second-order valence-electron chi connectivity index (χ2n) is 7.52. The molecule has 0 saturated heterocycles. The summed E-state index contributed by atoms with van der Waals surface area (Å²) in [7, 11) is 0. The number of carboxylic acids is 1. The topological polar surface area (TPSA) is 63.1 Å². The number of carboxylic acid groups (broad SMARTS) is 1. The van der Waals surface area contributed by atoms with Gasteiger partial charge in [-0.1, -0.05) is 66.6 Å². The Morgan fingerprint density at radius 1 is 0.933 bits per heavy atom. The van der Waals surface area contributed by atoms with Gasteiger partial charge in [-0.15, -0.1) is 0 Å². The molecule has 4 aromatic rings. The minimum absolute atomic E-state index is 0.520. The van der Waals surface area contributed by atoms with Gasteiger partial charge in [-0.3, -0.25) is 4.79 Å². The van der Waals surface area contributed by atoms with Crippen molar-refractivity contribution < 1.29 is 9.90 Å². The molecule has 1 N–H and O–H groups in total. The first-order valence-electron chi connectivity index (χ1n) is 9.63. The van der Waals surface area contributed by atoms with E-state index in [4.69, 9.17) is 4.98 Å². The van der Waals surface area contributed by atoms with Crippen LogP contribution in [0.4, 0.5) is 0 Å². The summed E-state index contributed by atoms with van der Waals surface area (Å²) in [5, 5.41) is 10.1. The molecular weight excluding hydrogens is 372 g/mol. The highest BCUT2D eigenvalue weighted by atomic mass is 16.4. The molecule has 0 bridgehead atoms. The Kier molecular flexibility index (Phi) is 5.04. The Morgan fingerprint density at radius 2 is 1.57 bits per heavy atom. The molecule has 0 amide bonds.